The fourth-order valence-electron chi connectivity index (χ4n) is 2.87. The molecule has 0 heterocycles. The van der Waals surface area contributed by atoms with Crippen molar-refractivity contribution in [3.63, 3.8) is 0 Å². The van der Waals surface area contributed by atoms with E-state index in [2.05, 4.69) is 18.7 Å². The summed E-state index contributed by atoms with van der Waals surface area (Å²) in [5.41, 5.74) is 6.45. The molecular weight excluding hydrogens is 246 g/mol. The average molecular weight is 270 g/mol. The summed E-state index contributed by atoms with van der Waals surface area (Å²) in [4.78, 5) is 2.09. The van der Waals surface area contributed by atoms with E-state index >= 15 is 0 Å². The minimum atomic E-state index is -0.424. The molecule has 0 aliphatic rings. The smallest absolute Gasteiger partial charge is 0.126 e. The first kappa shape index (κ1) is 16.1. The van der Waals surface area contributed by atoms with E-state index in [4.69, 9.17) is 5.73 Å². The lowest BCUT2D eigenvalue weighted by molar-refractivity contribution is 0.105. The maximum Gasteiger partial charge on any atom is 0.126 e. The molecule has 1 aromatic rings. The van der Waals surface area contributed by atoms with Gasteiger partial charge in [-0.15, -0.1) is 0 Å². The minimum absolute atomic E-state index is 0.196. The molecule has 0 fully saturated rings. The van der Waals surface area contributed by atoms with Gasteiger partial charge in [-0.25, -0.2) is 8.78 Å². The van der Waals surface area contributed by atoms with Gasteiger partial charge in [0.25, 0.3) is 0 Å². The van der Waals surface area contributed by atoms with E-state index < -0.39 is 11.6 Å². The second-order valence-corrected chi connectivity index (χ2v) is 5.25. The summed E-state index contributed by atoms with van der Waals surface area (Å²) in [5, 5.41) is 0. The number of nitrogens with two attached hydrogens (primary N) is 1. The Morgan fingerprint density at radius 3 is 2.26 bits per heavy atom. The highest BCUT2D eigenvalue weighted by atomic mass is 19.1. The second-order valence-electron chi connectivity index (χ2n) is 5.25. The van der Waals surface area contributed by atoms with Gasteiger partial charge in [0.05, 0.1) is 0 Å². The Hall–Kier alpha value is -1.00. The molecule has 1 aromatic carbocycles. The van der Waals surface area contributed by atoms with Crippen molar-refractivity contribution in [2.75, 3.05) is 14.1 Å². The first-order valence-corrected chi connectivity index (χ1v) is 6.74. The van der Waals surface area contributed by atoms with Gasteiger partial charge in [0.2, 0.25) is 0 Å². The van der Waals surface area contributed by atoms with Crippen LogP contribution in [0, 0.1) is 11.6 Å². The van der Waals surface area contributed by atoms with Gasteiger partial charge in [-0.1, -0.05) is 13.8 Å². The Labute approximate surface area is 114 Å². The second kappa shape index (κ2) is 6.44. The number of rotatable bonds is 6. The summed E-state index contributed by atoms with van der Waals surface area (Å²) in [6.45, 7) is 4.15. The monoisotopic (exact) mass is 270 g/mol. The third-order valence-corrected chi connectivity index (χ3v) is 4.25. The van der Waals surface area contributed by atoms with Crippen LogP contribution in [0.2, 0.25) is 0 Å². The molecule has 0 radical (unpaired) electrons. The van der Waals surface area contributed by atoms with Crippen molar-refractivity contribution in [3.05, 3.63) is 35.4 Å². The zero-order chi connectivity index (χ0) is 14.6. The molecule has 1 rings (SSSR count). The van der Waals surface area contributed by atoms with Gasteiger partial charge in [0.15, 0.2) is 0 Å². The van der Waals surface area contributed by atoms with E-state index in [1.807, 2.05) is 14.1 Å². The maximum absolute atomic E-state index is 13.7. The van der Waals surface area contributed by atoms with Gasteiger partial charge < -0.3 is 10.6 Å². The van der Waals surface area contributed by atoms with E-state index in [0.717, 1.165) is 25.0 Å². The van der Waals surface area contributed by atoms with Crippen molar-refractivity contribution in [2.45, 2.75) is 44.7 Å². The van der Waals surface area contributed by atoms with Gasteiger partial charge in [0.1, 0.15) is 11.6 Å². The molecule has 108 valence electrons. The molecular formula is C15H24F2N2. The standard InChI is InChI=1S/C15H24F2N2/c1-5-15(6-2,19(3)4)14(18)10-11-9-12(16)7-8-13(11)17/h7-9,14H,5-6,10,18H2,1-4H3. The molecule has 0 saturated carbocycles. The van der Waals surface area contributed by atoms with Crippen molar-refractivity contribution in [1.82, 2.24) is 4.90 Å². The maximum atomic E-state index is 13.7. The van der Waals surface area contributed by atoms with E-state index in [1.165, 1.54) is 6.07 Å². The van der Waals surface area contributed by atoms with Crippen LogP contribution in [0.5, 0.6) is 0 Å². The fourth-order valence-corrected chi connectivity index (χ4v) is 2.87. The number of halogens is 2. The summed E-state index contributed by atoms with van der Waals surface area (Å²) in [7, 11) is 3.96. The van der Waals surface area contributed by atoms with Crippen molar-refractivity contribution in [1.29, 1.82) is 0 Å². The number of nitrogens with zero attached hydrogens (tertiary/aromatic N) is 1. The first-order chi connectivity index (χ1) is 8.87. The predicted molar refractivity (Wildman–Crippen MR) is 75.0 cm³/mol. The Balaban J connectivity index is 2.99. The molecule has 2 nitrogen and oxygen atoms in total. The van der Waals surface area contributed by atoms with Crippen LogP contribution >= 0.6 is 0 Å². The number of hydrogen-bond acceptors (Lipinski definition) is 2. The Morgan fingerprint density at radius 2 is 1.79 bits per heavy atom. The van der Waals surface area contributed by atoms with Gasteiger partial charge in [-0.05, 0) is 57.1 Å². The lowest BCUT2D eigenvalue weighted by atomic mass is 9.80. The molecule has 0 bridgehead atoms. The third-order valence-electron chi connectivity index (χ3n) is 4.25. The topological polar surface area (TPSA) is 29.3 Å². The summed E-state index contributed by atoms with van der Waals surface area (Å²) < 4.78 is 26.9. The zero-order valence-corrected chi connectivity index (χ0v) is 12.2. The van der Waals surface area contributed by atoms with Crippen LogP contribution in [0.4, 0.5) is 8.78 Å². The normalized spacial score (nSPS) is 13.9. The van der Waals surface area contributed by atoms with Crippen LogP contribution in [0.1, 0.15) is 32.3 Å². The number of benzene rings is 1. The molecule has 2 N–H and O–H groups in total. The summed E-state index contributed by atoms with van der Waals surface area (Å²) >= 11 is 0. The van der Waals surface area contributed by atoms with Crippen molar-refractivity contribution >= 4 is 0 Å². The quantitative estimate of drug-likeness (QED) is 0.861. The molecule has 1 unspecified atom stereocenters. The lowest BCUT2D eigenvalue weighted by Gasteiger charge is -2.43. The summed E-state index contributed by atoms with van der Waals surface area (Å²) in [5.74, 6) is -0.816. The molecule has 0 amide bonds. The van der Waals surface area contributed by atoms with Gasteiger partial charge in [-0.3, -0.25) is 0 Å². The number of hydrogen-bond donors (Lipinski definition) is 1. The fraction of sp³-hybridized carbons (Fsp3) is 0.600. The van der Waals surface area contributed by atoms with Crippen molar-refractivity contribution < 1.29 is 8.78 Å². The molecule has 0 spiro atoms. The Morgan fingerprint density at radius 1 is 1.21 bits per heavy atom. The summed E-state index contributed by atoms with van der Waals surface area (Å²) in [6.07, 6.45) is 2.08. The van der Waals surface area contributed by atoms with Crippen LogP contribution in [-0.4, -0.2) is 30.6 Å². The highest BCUT2D eigenvalue weighted by Crippen LogP contribution is 2.27. The van der Waals surface area contributed by atoms with E-state index in [9.17, 15) is 8.78 Å². The molecule has 0 saturated heterocycles. The summed E-state index contributed by atoms with van der Waals surface area (Å²) in [6, 6.07) is 3.28. The average Bonchev–Trinajstić information content (AvgIpc) is 2.35. The first-order valence-electron chi connectivity index (χ1n) is 6.74. The van der Waals surface area contributed by atoms with Gasteiger partial charge in [0, 0.05) is 11.6 Å². The minimum Gasteiger partial charge on any atom is -0.326 e. The van der Waals surface area contributed by atoms with Crippen LogP contribution < -0.4 is 5.73 Å². The van der Waals surface area contributed by atoms with E-state index in [-0.39, 0.29) is 11.6 Å². The predicted octanol–water partition coefficient (Wildman–Crippen LogP) is 2.96. The van der Waals surface area contributed by atoms with E-state index in [1.54, 1.807) is 0 Å². The molecule has 0 aliphatic carbocycles. The molecule has 1 atom stereocenters. The van der Waals surface area contributed by atoms with Gasteiger partial charge in [-0.2, -0.15) is 0 Å². The molecule has 0 aromatic heterocycles. The molecule has 4 heteroatoms. The van der Waals surface area contributed by atoms with Crippen LogP contribution in [0.15, 0.2) is 18.2 Å². The van der Waals surface area contributed by atoms with Crippen LogP contribution in [0.3, 0.4) is 0 Å². The van der Waals surface area contributed by atoms with Crippen molar-refractivity contribution in [2.24, 2.45) is 5.73 Å². The Kier molecular flexibility index (Phi) is 5.44. The highest BCUT2D eigenvalue weighted by molar-refractivity contribution is 5.21. The van der Waals surface area contributed by atoms with E-state index in [0.29, 0.717) is 12.0 Å². The van der Waals surface area contributed by atoms with Crippen LogP contribution in [-0.2, 0) is 6.42 Å². The molecule has 19 heavy (non-hydrogen) atoms. The zero-order valence-electron chi connectivity index (χ0n) is 12.2. The van der Waals surface area contributed by atoms with Crippen molar-refractivity contribution in [3.8, 4) is 0 Å². The number of likely N-dealkylation sites (N-methyl/N-ethyl adjacent to an activating group) is 1. The van der Waals surface area contributed by atoms with Gasteiger partial charge >= 0.3 is 0 Å². The lowest BCUT2D eigenvalue weighted by Crippen LogP contribution is -2.57. The van der Waals surface area contributed by atoms with Crippen LogP contribution in [0.25, 0.3) is 0 Å². The molecule has 0 aliphatic heterocycles. The SMILES string of the molecule is CCC(CC)(C(N)Cc1cc(F)ccc1F)N(C)C. The Bertz CT molecular complexity index is 415. The highest BCUT2D eigenvalue weighted by Gasteiger charge is 2.35. The largest absolute Gasteiger partial charge is 0.326 e. The third kappa shape index (κ3) is 3.31.